The molecule has 0 aliphatic carbocycles. The van der Waals surface area contributed by atoms with E-state index in [1.54, 1.807) is 4.68 Å². The van der Waals surface area contributed by atoms with Gasteiger partial charge in [0.25, 0.3) is 0 Å². The summed E-state index contributed by atoms with van der Waals surface area (Å²) in [4.78, 5) is 14.6. The lowest BCUT2D eigenvalue weighted by Crippen LogP contribution is -2.43. The van der Waals surface area contributed by atoms with E-state index in [0.717, 1.165) is 29.9 Å². The minimum atomic E-state index is 0.166. The van der Waals surface area contributed by atoms with Gasteiger partial charge in [-0.05, 0) is 53.7 Å². The van der Waals surface area contributed by atoms with Gasteiger partial charge < -0.3 is 4.90 Å². The second-order valence-corrected chi connectivity index (χ2v) is 8.09. The van der Waals surface area contributed by atoms with Crippen molar-refractivity contribution in [3.05, 3.63) is 29.3 Å². The van der Waals surface area contributed by atoms with Crippen molar-refractivity contribution in [2.45, 2.75) is 39.3 Å². The van der Waals surface area contributed by atoms with E-state index >= 15 is 0 Å². The molecule has 0 radical (unpaired) electrons. The van der Waals surface area contributed by atoms with Crippen LogP contribution < -0.4 is 0 Å². The Morgan fingerprint density at radius 1 is 1.20 bits per heavy atom. The summed E-state index contributed by atoms with van der Waals surface area (Å²) in [6, 6.07) is 6.10. The van der Waals surface area contributed by atoms with Gasteiger partial charge in [-0.2, -0.15) is 4.68 Å². The fourth-order valence-electron chi connectivity index (χ4n) is 3.63. The van der Waals surface area contributed by atoms with Gasteiger partial charge in [0.1, 0.15) is 0 Å². The summed E-state index contributed by atoms with van der Waals surface area (Å²) in [7, 11) is 0. The molecule has 0 spiro atoms. The zero-order valence-corrected chi connectivity index (χ0v) is 16.1. The first kappa shape index (κ1) is 17.9. The van der Waals surface area contributed by atoms with Crippen LogP contribution in [0.2, 0.25) is 0 Å². The molecule has 1 aromatic heterocycles. The molecule has 0 saturated carbocycles. The van der Waals surface area contributed by atoms with Gasteiger partial charge in [-0.1, -0.05) is 43.8 Å². The summed E-state index contributed by atoms with van der Waals surface area (Å²) in [6.07, 6.45) is 1.20. The number of amides is 1. The third kappa shape index (κ3) is 4.03. The maximum Gasteiger partial charge on any atom is 0.233 e. The highest BCUT2D eigenvalue weighted by molar-refractivity contribution is 7.99. The molecular formula is C18H25N5OS. The Bertz CT molecular complexity index is 729. The van der Waals surface area contributed by atoms with Gasteiger partial charge in [-0.15, -0.1) is 5.10 Å². The van der Waals surface area contributed by atoms with Gasteiger partial charge in [0.05, 0.1) is 11.4 Å². The van der Waals surface area contributed by atoms with Crippen LogP contribution >= 0.6 is 11.8 Å². The first-order valence-corrected chi connectivity index (χ1v) is 9.69. The fourth-order valence-corrected chi connectivity index (χ4v) is 4.41. The van der Waals surface area contributed by atoms with Crippen LogP contribution in [-0.4, -0.2) is 49.9 Å². The number of carbonyl (C=O) groups is 1. The van der Waals surface area contributed by atoms with Crippen LogP contribution in [0.4, 0.5) is 0 Å². The first-order valence-electron chi connectivity index (χ1n) is 8.71. The molecule has 1 amide bonds. The Hall–Kier alpha value is -1.89. The van der Waals surface area contributed by atoms with Crippen LogP contribution in [0.1, 0.15) is 31.4 Å². The van der Waals surface area contributed by atoms with Crippen molar-refractivity contribution >= 4 is 17.7 Å². The lowest BCUT2D eigenvalue weighted by atomic mass is 9.92. The molecule has 0 N–H and O–H groups in total. The summed E-state index contributed by atoms with van der Waals surface area (Å²) >= 11 is 1.41. The van der Waals surface area contributed by atoms with Gasteiger partial charge in [-0.25, -0.2) is 0 Å². The van der Waals surface area contributed by atoms with Crippen LogP contribution in [-0.2, 0) is 4.79 Å². The van der Waals surface area contributed by atoms with E-state index in [-0.39, 0.29) is 5.91 Å². The average molecular weight is 359 g/mol. The van der Waals surface area contributed by atoms with E-state index in [1.807, 2.05) is 36.9 Å². The first-order chi connectivity index (χ1) is 12.0. The third-order valence-corrected chi connectivity index (χ3v) is 5.54. The summed E-state index contributed by atoms with van der Waals surface area (Å²) in [5, 5.41) is 12.7. The quantitative estimate of drug-likeness (QED) is 0.786. The average Bonchev–Trinajstić information content (AvgIpc) is 2.99. The van der Waals surface area contributed by atoms with Crippen molar-refractivity contribution in [2.75, 3.05) is 18.8 Å². The summed E-state index contributed by atoms with van der Waals surface area (Å²) < 4.78 is 1.74. The fraction of sp³-hybridized carbons (Fsp3) is 0.556. The van der Waals surface area contributed by atoms with Gasteiger partial charge in [0, 0.05) is 13.1 Å². The number of aromatic nitrogens is 4. The highest BCUT2D eigenvalue weighted by atomic mass is 32.2. The van der Waals surface area contributed by atoms with E-state index < -0.39 is 0 Å². The maximum atomic E-state index is 12.6. The minimum absolute atomic E-state index is 0.166. The Morgan fingerprint density at radius 3 is 2.48 bits per heavy atom. The molecule has 2 unspecified atom stereocenters. The molecule has 1 aliphatic rings. The molecule has 3 rings (SSSR count). The Morgan fingerprint density at radius 2 is 1.84 bits per heavy atom. The van der Waals surface area contributed by atoms with Crippen molar-refractivity contribution in [3.63, 3.8) is 0 Å². The Labute approximate surface area is 153 Å². The number of likely N-dealkylation sites (tertiary alicyclic amines) is 1. The summed E-state index contributed by atoms with van der Waals surface area (Å²) in [6.45, 7) is 10.2. The van der Waals surface area contributed by atoms with Crippen LogP contribution in [0.3, 0.4) is 0 Å². The number of rotatable bonds is 4. The van der Waals surface area contributed by atoms with Gasteiger partial charge in [0.15, 0.2) is 0 Å². The van der Waals surface area contributed by atoms with E-state index in [9.17, 15) is 4.79 Å². The van der Waals surface area contributed by atoms with Crippen LogP contribution in [0.25, 0.3) is 5.69 Å². The zero-order chi connectivity index (χ0) is 18.0. The van der Waals surface area contributed by atoms with E-state index in [0.29, 0.717) is 22.7 Å². The van der Waals surface area contributed by atoms with Crippen molar-refractivity contribution in [1.82, 2.24) is 25.1 Å². The SMILES string of the molecule is Cc1cccc(C)c1-n1nnnc1SCC(=O)N1CC(C)CC(C)C1. The van der Waals surface area contributed by atoms with Crippen LogP contribution in [0.5, 0.6) is 0 Å². The molecular weight excluding hydrogens is 334 g/mol. The number of benzene rings is 1. The molecule has 2 aromatic rings. The Balaban J connectivity index is 1.71. The van der Waals surface area contributed by atoms with Gasteiger partial charge in [-0.3, -0.25) is 4.79 Å². The second kappa shape index (κ2) is 7.56. The largest absolute Gasteiger partial charge is 0.341 e. The Kier molecular flexibility index (Phi) is 5.42. The predicted octanol–water partition coefficient (Wildman–Crippen LogP) is 2.88. The topological polar surface area (TPSA) is 63.9 Å². The normalized spacial score (nSPS) is 20.7. The predicted molar refractivity (Wildman–Crippen MR) is 98.9 cm³/mol. The molecule has 6 nitrogen and oxygen atoms in total. The number of piperidine rings is 1. The van der Waals surface area contributed by atoms with Gasteiger partial charge >= 0.3 is 0 Å². The van der Waals surface area contributed by atoms with E-state index in [1.165, 1.54) is 18.2 Å². The number of hydrogen-bond donors (Lipinski definition) is 0. The molecule has 1 fully saturated rings. The highest BCUT2D eigenvalue weighted by Gasteiger charge is 2.26. The standard InChI is InChI=1S/C18H25N5OS/c1-12-8-13(2)10-22(9-12)16(24)11-25-18-19-20-21-23(18)17-14(3)6-5-7-15(17)4/h5-7,12-13H,8-11H2,1-4H3. The maximum absolute atomic E-state index is 12.6. The van der Waals surface area contributed by atoms with Crippen molar-refractivity contribution in [1.29, 1.82) is 0 Å². The molecule has 7 heteroatoms. The monoisotopic (exact) mass is 359 g/mol. The molecule has 1 aliphatic heterocycles. The molecule has 1 aromatic carbocycles. The molecule has 1 saturated heterocycles. The van der Waals surface area contributed by atoms with Crippen molar-refractivity contribution < 1.29 is 4.79 Å². The van der Waals surface area contributed by atoms with Gasteiger partial charge in [0.2, 0.25) is 11.1 Å². The van der Waals surface area contributed by atoms with Crippen LogP contribution in [0, 0.1) is 25.7 Å². The second-order valence-electron chi connectivity index (χ2n) is 7.15. The lowest BCUT2D eigenvalue weighted by molar-refractivity contribution is -0.130. The molecule has 0 bridgehead atoms. The molecule has 2 atom stereocenters. The molecule has 2 heterocycles. The van der Waals surface area contributed by atoms with Crippen molar-refractivity contribution in [3.8, 4) is 5.69 Å². The number of tetrazole rings is 1. The zero-order valence-electron chi connectivity index (χ0n) is 15.3. The number of thioether (sulfide) groups is 1. The third-order valence-electron chi connectivity index (χ3n) is 4.64. The number of nitrogens with zero attached hydrogens (tertiary/aromatic N) is 5. The summed E-state index contributed by atoms with van der Waals surface area (Å²) in [5.41, 5.74) is 3.21. The highest BCUT2D eigenvalue weighted by Crippen LogP contribution is 2.25. The molecule has 134 valence electrons. The molecule has 25 heavy (non-hydrogen) atoms. The van der Waals surface area contributed by atoms with E-state index in [4.69, 9.17) is 0 Å². The minimum Gasteiger partial charge on any atom is -0.341 e. The number of para-hydroxylation sites is 1. The number of carbonyl (C=O) groups excluding carboxylic acids is 1. The van der Waals surface area contributed by atoms with E-state index in [2.05, 4.69) is 29.4 Å². The smallest absolute Gasteiger partial charge is 0.233 e. The van der Waals surface area contributed by atoms with Crippen LogP contribution in [0.15, 0.2) is 23.4 Å². The number of aryl methyl sites for hydroxylation is 2. The lowest BCUT2D eigenvalue weighted by Gasteiger charge is -2.34. The summed E-state index contributed by atoms with van der Waals surface area (Å²) in [5.74, 6) is 1.67. The number of hydrogen-bond acceptors (Lipinski definition) is 5. The van der Waals surface area contributed by atoms with Crippen molar-refractivity contribution in [2.24, 2.45) is 11.8 Å².